The monoisotopic (exact) mass is 360 g/mol. The van der Waals surface area contributed by atoms with Gasteiger partial charge in [0.25, 0.3) is 0 Å². The molecule has 2 aliphatic rings. The van der Waals surface area contributed by atoms with Gasteiger partial charge in [0.1, 0.15) is 17.6 Å². The van der Waals surface area contributed by atoms with E-state index in [1.165, 1.54) is 11.3 Å². The number of carbonyl (C=O) groups is 3. The van der Waals surface area contributed by atoms with Gasteiger partial charge in [-0.15, -0.1) is 11.3 Å². The Morgan fingerprint density at radius 3 is 2.56 bits per heavy atom. The van der Waals surface area contributed by atoms with Gasteiger partial charge in [-0.2, -0.15) is 5.26 Å². The van der Waals surface area contributed by atoms with Crippen molar-refractivity contribution in [2.75, 3.05) is 18.4 Å². The number of thiophene rings is 1. The fraction of sp³-hybridized carbons (Fsp3) is 0.529. The summed E-state index contributed by atoms with van der Waals surface area (Å²) in [6, 6.07) is 2.62. The lowest BCUT2D eigenvalue weighted by atomic mass is 10.0. The fourth-order valence-corrected chi connectivity index (χ4v) is 4.42. The van der Waals surface area contributed by atoms with Crippen LogP contribution in [0.2, 0.25) is 0 Å². The van der Waals surface area contributed by atoms with Crippen LogP contribution < -0.4 is 5.32 Å². The van der Waals surface area contributed by atoms with E-state index in [-0.39, 0.29) is 31.2 Å². The first-order chi connectivity index (χ1) is 11.9. The molecule has 0 saturated carbocycles. The zero-order valence-electron chi connectivity index (χ0n) is 14.3. The fourth-order valence-electron chi connectivity index (χ4n) is 3.18. The molecule has 0 unspecified atom stereocenters. The van der Waals surface area contributed by atoms with Crippen molar-refractivity contribution in [3.63, 3.8) is 0 Å². The molecule has 1 fully saturated rings. The minimum absolute atomic E-state index is 0.161. The van der Waals surface area contributed by atoms with Crippen molar-refractivity contribution in [3.05, 3.63) is 16.0 Å². The topological polar surface area (TPSA) is 93.5 Å². The van der Waals surface area contributed by atoms with Gasteiger partial charge in [-0.05, 0) is 25.8 Å². The third-order valence-electron chi connectivity index (χ3n) is 4.64. The quantitative estimate of drug-likeness (QED) is 0.821. The predicted octanol–water partition coefficient (Wildman–Crippen LogP) is 1.47. The zero-order valence-corrected chi connectivity index (χ0v) is 15.1. The minimum atomic E-state index is -0.445. The Hall–Kier alpha value is -2.24. The van der Waals surface area contributed by atoms with Gasteiger partial charge in [0.05, 0.1) is 5.56 Å². The molecule has 0 radical (unpaired) electrons. The van der Waals surface area contributed by atoms with Crippen LogP contribution in [0.25, 0.3) is 0 Å². The molecule has 1 aromatic heterocycles. The highest BCUT2D eigenvalue weighted by atomic mass is 32.1. The normalized spacial score (nSPS) is 17.8. The average molecular weight is 360 g/mol. The molecule has 0 bridgehead atoms. The molecule has 1 aromatic rings. The Morgan fingerprint density at radius 1 is 1.28 bits per heavy atom. The zero-order chi connectivity index (χ0) is 18.1. The Balaban J connectivity index is 1.75. The summed E-state index contributed by atoms with van der Waals surface area (Å²) < 4.78 is 0. The summed E-state index contributed by atoms with van der Waals surface area (Å²) in [6.45, 7) is 5.64. The highest BCUT2D eigenvalue weighted by molar-refractivity contribution is 7.16. The summed E-state index contributed by atoms with van der Waals surface area (Å²) in [5, 5.41) is 12.7. The summed E-state index contributed by atoms with van der Waals surface area (Å²) in [4.78, 5) is 39.9. The lowest BCUT2D eigenvalue weighted by Crippen LogP contribution is -2.36. The van der Waals surface area contributed by atoms with Crippen LogP contribution in [0.4, 0.5) is 5.00 Å². The molecule has 0 aromatic carbocycles. The first kappa shape index (κ1) is 17.6. The third kappa shape index (κ3) is 3.43. The van der Waals surface area contributed by atoms with E-state index in [0.29, 0.717) is 16.6 Å². The second-order valence-electron chi connectivity index (χ2n) is 6.56. The van der Waals surface area contributed by atoms with Crippen molar-refractivity contribution in [2.45, 2.75) is 45.7 Å². The number of nitrogens with zero attached hydrogens (tertiary/aromatic N) is 3. The predicted molar refractivity (Wildman–Crippen MR) is 92.9 cm³/mol. The van der Waals surface area contributed by atoms with Crippen molar-refractivity contribution in [1.82, 2.24) is 9.80 Å². The lowest BCUT2D eigenvalue weighted by molar-refractivity contribution is -0.141. The highest BCUT2D eigenvalue weighted by Crippen LogP contribution is 2.37. The number of amides is 3. The van der Waals surface area contributed by atoms with Crippen molar-refractivity contribution in [1.29, 1.82) is 5.26 Å². The Kier molecular flexibility index (Phi) is 4.88. The van der Waals surface area contributed by atoms with E-state index in [0.717, 1.165) is 34.9 Å². The van der Waals surface area contributed by atoms with E-state index >= 15 is 0 Å². The largest absolute Gasteiger partial charge is 0.315 e. The molecule has 8 heteroatoms. The van der Waals surface area contributed by atoms with E-state index in [4.69, 9.17) is 0 Å². The second kappa shape index (κ2) is 6.94. The van der Waals surface area contributed by atoms with E-state index in [1.54, 1.807) is 0 Å². The van der Waals surface area contributed by atoms with Gasteiger partial charge < -0.3 is 5.32 Å². The molecule has 3 amide bonds. The van der Waals surface area contributed by atoms with Crippen molar-refractivity contribution in [2.24, 2.45) is 0 Å². The first-order valence-corrected chi connectivity index (χ1v) is 9.14. The number of nitriles is 1. The number of hydrogen-bond donors (Lipinski definition) is 1. The molecule has 0 atom stereocenters. The molecule has 2 aliphatic heterocycles. The summed E-state index contributed by atoms with van der Waals surface area (Å²) in [6.07, 6.45) is 1.10. The van der Waals surface area contributed by atoms with Crippen LogP contribution in [0.1, 0.15) is 42.7 Å². The number of anilines is 1. The molecule has 25 heavy (non-hydrogen) atoms. The molecule has 3 heterocycles. The molecular formula is C17H20N4O3S. The summed E-state index contributed by atoms with van der Waals surface area (Å²) in [7, 11) is 0. The number of fused-ring (bicyclic) bond motifs is 1. The summed E-state index contributed by atoms with van der Waals surface area (Å²) in [5.41, 5.74) is 1.52. The van der Waals surface area contributed by atoms with Gasteiger partial charge in [-0.3, -0.25) is 24.2 Å². The van der Waals surface area contributed by atoms with Gasteiger partial charge in [0.15, 0.2) is 0 Å². The van der Waals surface area contributed by atoms with Crippen LogP contribution in [0.15, 0.2) is 0 Å². The third-order valence-corrected chi connectivity index (χ3v) is 5.77. The SMILES string of the molecule is CC(C)N1CCc2c(sc(NC(=O)CN3C(=O)CCC3=O)c2C#N)C1. The lowest BCUT2D eigenvalue weighted by Gasteiger charge is -2.30. The maximum absolute atomic E-state index is 12.2. The number of carbonyl (C=O) groups excluding carboxylic acids is 3. The Bertz CT molecular complexity index is 762. The van der Waals surface area contributed by atoms with Gasteiger partial charge >= 0.3 is 0 Å². The van der Waals surface area contributed by atoms with Crippen LogP contribution in [0.3, 0.4) is 0 Å². The number of imide groups is 1. The van der Waals surface area contributed by atoms with Crippen LogP contribution in [-0.2, 0) is 27.3 Å². The number of nitrogens with one attached hydrogen (secondary N) is 1. The first-order valence-electron chi connectivity index (χ1n) is 8.32. The van der Waals surface area contributed by atoms with Gasteiger partial charge in [0.2, 0.25) is 17.7 Å². The van der Waals surface area contributed by atoms with Crippen molar-refractivity contribution in [3.8, 4) is 6.07 Å². The molecule has 3 rings (SSSR count). The molecule has 132 valence electrons. The van der Waals surface area contributed by atoms with Crippen LogP contribution in [0.5, 0.6) is 0 Å². The standard InChI is InChI=1S/C17H20N4O3S/c1-10(2)20-6-5-11-12(7-18)17(25-13(11)8-20)19-14(22)9-21-15(23)3-4-16(21)24/h10H,3-6,8-9H2,1-2H3,(H,19,22). The van der Waals surface area contributed by atoms with Gasteiger partial charge in [0, 0.05) is 36.9 Å². The van der Waals surface area contributed by atoms with E-state index in [2.05, 4.69) is 30.1 Å². The number of likely N-dealkylation sites (tertiary alicyclic amines) is 1. The van der Waals surface area contributed by atoms with Crippen LogP contribution in [0, 0.1) is 11.3 Å². The minimum Gasteiger partial charge on any atom is -0.315 e. The molecule has 1 N–H and O–H groups in total. The Labute approximate surface area is 150 Å². The van der Waals surface area contributed by atoms with Crippen LogP contribution in [-0.4, -0.2) is 46.7 Å². The van der Waals surface area contributed by atoms with Gasteiger partial charge in [-0.1, -0.05) is 0 Å². The maximum atomic E-state index is 12.2. The van der Waals surface area contributed by atoms with Gasteiger partial charge in [-0.25, -0.2) is 0 Å². The highest BCUT2D eigenvalue weighted by Gasteiger charge is 2.31. The van der Waals surface area contributed by atoms with Crippen LogP contribution >= 0.6 is 11.3 Å². The molecule has 1 saturated heterocycles. The van der Waals surface area contributed by atoms with E-state index in [9.17, 15) is 19.6 Å². The molecule has 0 spiro atoms. The Morgan fingerprint density at radius 2 is 1.96 bits per heavy atom. The molecular weight excluding hydrogens is 340 g/mol. The number of hydrogen-bond acceptors (Lipinski definition) is 6. The van der Waals surface area contributed by atoms with E-state index < -0.39 is 5.91 Å². The van der Waals surface area contributed by atoms with Crippen molar-refractivity contribution >= 4 is 34.1 Å². The average Bonchev–Trinajstić information content (AvgIpc) is 3.07. The molecule has 7 nitrogen and oxygen atoms in total. The maximum Gasteiger partial charge on any atom is 0.245 e. The summed E-state index contributed by atoms with van der Waals surface area (Å²) >= 11 is 1.41. The van der Waals surface area contributed by atoms with Crippen molar-refractivity contribution < 1.29 is 14.4 Å². The number of rotatable bonds is 4. The molecule has 0 aliphatic carbocycles. The summed E-state index contributed by atoms with van der Waals surface area (Å²) in [5.74, 6) is -1.09. The second-order valence-corrected chi connectivity index (χ2v) is 7.66. The van der Waals surface area contributed by atoms with E-state index in [1.807, 2.05) is 0 Å². The smallest absolute Gasteiger partial charge is 0.245 e.